The second-order valence-corrected chi connectivity index (χ2v) is 4.95. The molecule has 0 spiro atoms. The lowest BCUT2D eigenvalue weighted by molar-refractivity contribution is -0.133. The van der Waals surface area contributed by atoms with Crippen LogP contribution in [0.1, 0.15) is 26.7 Å². The molecule has 0 unspecified atom stereocenters. The Kier molecular flexibility index (Phi) is 5.30. The molecular weight excluding hydrogens is 244 g/mol. The predicted octanol–water partition coefficient (Wildman–Crippen LogP) is 0.907. The van der Waals surface area contributed by atoms with E-state index in [-0.39, 0.29) is 18.4 Å². The highest BCUT2D eigenvalue weighted by Gasteiger charge is 2.38. The van der Waals surface area contributed by atoms with E-state index in [0.717, 1.165) is 5.57 Å². The summed E-state index contributed by atoms with van der Waals surface area (Å²) in [6.07, 6.45) is 2.73. The summed E-state index contributed by atoms with van der Waals surface area (Å²) in [5.41, 5.74) is 6.21. The molecule has 1 aliphatic heterocycles. The van der Waals surface area contributed by atoms with Crippen LogP contribution >= 0.6 is 0 Å². The molecule has 5 heteroatoms. The molecule has 1 rings (SSSR count). The number of rotatable bonds is 5. The van der Waals surface area contributed by atoms with Gasteiger partial charge in [0, 0.05) is 25.3 Å². The van der Waals surface area contributed by atoms with E-state index in [1.54, 1.807) is 13.0 Å². The van der Waals surface area contributed by atoms with Gasteiger partial charge in [-0.15, -0.1) is 0 Å². The predicted molar refractivity (Wildman–Crippen MR) is 73.3 cm³/mol. The minimum Gasteiger partial charge on any atom is -0.381 e. The van der Waals surface area contributed by atoms with Crippen molar-refractivity contribution in [2.75, 3.05) is 19.8 Å². The fraction of sp³-hybridized carbons (Fsp3) is 0.571. The van der Waals surface area contributed by atoms with Gasteiger partial charge < -0.3 is 15.8 Å². The molecule has 0 atom stereocenters. The first-order valence-corrected chi connectivity index (χ1v) is 6.39. The topological polar surface area (TPSA) is 81.4 Å². The van der Waals surface area contributed by atoms with Crippen molar-refractivity contribution in [1.29, 1.82) is 0 Å². The Bertz CT molecular complexity index is 407. The largest absolute Gasteiger partial charge is 0.381 e. The van der Waals surface area contributed by atoms with E-state index in [4.69, 9.17) is 10.5 Å². The average molecular weight is 266 g/mol. The number of hydrogen-bond donors (Lipinski definition) is 2. The van der Waals surface area contributed by atoms with Gasteiger partial charge in [0.1, 0.15) is 0 Å². The maximum atomic E-state index is 12.0. The number of primary amides is 1. The lowest BCUT2D eigenvalue weighted by Gasteiger charge is -2.34. The Morgan fingerprint density at radius 2 is 1.95 bits per heavy atom. The van der Waals surface area contributed by atoms with Crippen LogP contribution in [0.3, 0.4) is 0 Å². The van der Waals surface area contributed by atoms with Gasteiger partial charge in [0.15, 0.2) is 0 Å². The minimum atomic E-state index is -0.684. The van der Waals surface area contributed by atoms with E-state index in [9.17, 15) is 9.59 Å². The van der Waals surface area contributed by atoms with Gasteiger partial charge in [-0.2, -0.15) is 0 Å². The van der Waals surface area contributed by atoms with Crippen LogP contribution in [0.4, 0.5) is 0 Å². The molecule has 0 aromatic carbocycles. The van der Waals surface area contributed by atoms with Crippen LogP contribution in [0.2, 0.25) is 0 Å². The lowest BCUT2D eigenvalue weighted by Crippen LogP contribution is -2.49. The number of allylic oxidation sites excluding steroid dienone is 2. The molecule has 3 N–H and O–H groups in total. The first-order chi connectivity index (χ1) is 8.93. The first-order valence-electron chi connectivity index (χ1n) is 6.39. The number of nitrogens with one attached hydrogen (secondary N) is 1. The van der Waals surface area contributed by atoms with Gasteiger partial charge in [-0.3, -0.25) is 9.59 Å². The Morgan fingerprint density at radius 1 is 1.37 bits per heavy atom. The van der Waals surface area contributed by atoms with Gasteiger partial charge in [0.05, 0.1) is 5.41 Å². The van der Waals surface area contributed by atoms with Crippen molar-refractivity contribution < 1.29 is 14.3 Å². The summed E-state index contributed by atoms with van der Waals surface area (Å²) < 4.78 is 5.24. The minimum absolute atomic E-state index is 0.190. The van der Waals surface area contributed by atoms with Crippen LogP contribution in [-0.4, -0.2) is 31.6 Å². The summed E-state index contributed by atoms with van der Waals surface area (Å²) in [6.45, 7) is 8.43. The second kappa shape index (κ2) is 6.52. The van der Waals surface area contributed by atoms with E-state index in [1.807, 2.05) is 6.92 Å². The van der Waals surface area contributed by atoms with Crippen molar-refractivity contribution in [1.82, 2.24) is 5.32 Å². The van der Waals surface area contributed by atoms with Crippen molar-refractivity contribution in [2.24, 2.45) is 11.1 Å². The summed E-state index contributed by atoms with van der Waals surface area (Å²) in [5, 5.41) is 2.79. The van der Waals surface area contributed by atoms with Crippen LogP contribution in [0.15, 0.2) is 23.8 Å². The molecule has 19 heavy (non-hydrogen) atoms. The van der Waals surface area contributed by atoms with E-state index in [2.05, 4.69) is 11.9 Å². The number of carbonyl (C=O) groups is 2. The zero-order chi connectivity index (χ0) is 14.5. The molecule has 1 fully saturated rings. The van der Waals surface area contributed by atoms with Crippen molar-refractivity contribution in [3.8, 4) is 0 Å². The molecule has 5 nitrogen and oxygen atoms in total. The third-order valence-electron chi connectivity index (χ3n) is 3.80. The average Bonchev–Trinajstić information content (AvgIpc) is 2.43. The molecule has 0 radical (unpaired) electrons. The molecule has 106 valence electrons. The normalized spacial score (nSPS) is 19.3. The highest BCUT2D eigenvalue weighted by Crippen LogP contribution is 2.29. The molecular formula is C14H22N2O3. The van der Waals surface area contributed by atoms with E-state index >= 15 is 0 Å². The quantitative estimate of drug-likeness (QED) is 0.573. The van der Waals surface area contributed by atoms with Crippen LogP contribution in [0.25, 0.3) is 0 Å². The lowest BCUT2D eigenvalue weighted by atomic mass is 9.79. The van der Waals surface area contributed by atoms with Crippen molar-refractivity contribution in [3.63, 3.8) is 0 Å². The molecule has 1 saturated heterocycles. The third-order valence-corrected chi connectivity index (χ3v) is 3.80. The van der Waals surface area contributed by atoms with Crippen LogP contribution < -0.4 is 11.1 Å². The first kappa shape index (κ1) is 15.4. The maximum Gasteiger partial charge on any atom is 0.247 e. The van der Waals surface area contributed by atoms with Crippen LogP contribution in [0, 0.1) is 5.41 Å². The van der Waals surface area contributed by atoms with Gasteiger partial charge >= 0.3 is 0 Å². The molecule has 0 aromatic rings. The highest BCUT2D eigenvalue weighted by molar-refractivity contribution is 5.94. The number of nitrogens with two attached hydrogens (primary N) is 1. The summed E-state index contributed by atoms with van der Waals surface area (Å²) in [4.78, 5) is 23.6. The van der Waals surface area contributed by atoms with Crippen molar-refractivity contribution in [3.05, 3.63) is 23.8 Å². The Morgan fingerprint density at radius 3 is 2.42 bits per heavy atom. The van der Waals surface area contributed by atoms with Crippen LogP contribution in [0.5, 0.6) is 0 Å². The van der Waals surface area contributed by atoms with Gasteiger partial charge in [-0.05, 0) is 32.3 Å². The van der Waals surface area contributed by atoms with Crippen molar-refractivity contribution >= 4 is 11.8 Å². The molecule has 0 saturated carbocycles. The van der Waals surface area contributed by atoms with Gasteiger partial charge in [0.2, 0.25) is 11.8 Å². The van der Waals surface area contributed by atoms with Gasteiger partial charge in [-0.25, -0.2) is 0 Å². The summed E-state index contributed by atoms with van der Waals surface area (Å²) >= 11 is 0. The Hall–Kier alpha value is -1.62. The van der Waals surface area contributed by atoms with Gasteiger partial charge in [0.25, 0.3) is 0 Å². The maximum absolute atomic E-state index is 12.0. The summed E-state index contributed by atoms with van der Waals surface area (Å²) in [5.74, 6) is -0.567. The number of hydrogen-bond acceptors (Lipinski definition) is 3. The summed E-state index contributed by atoms with van der Waals surface area (Å²) in [7, 11) is 0. The fourth-order valence-corrected chi connectivity index (χ4v) is 1.99. The summed E-state index contributed by atoms with van der Waals surface area (Å²) in [6, 6.07) is 0. The van der Waals surface area contributed by atoms with Crippen LogP contribution in [-0.2, 0) is 14.3 Å². The molecule has 1 aliphatic rings. The molecule has 1 heterocycles. The zero-order valence-electron chi connectivity index (χ0n) is 11.6. The van der Waals surface area contributed by atoms with E-state index in [0.29, 0.717) is 31.6 Å². The Labute approximate surface area is 113 Å². The Balaban J connectivity index is 2.70. The monoisotopic (exact) mass is 266 g/mol. The van der Waals surface area contributed by atoms with E-state index in [1.165, 1.54) is 0 Å². The smallest absolute Gasteiger partial charge is 0.247 e. The molecule has 0 bridgehead atoms. The van der Waals surface area contributed by atoms with Crippen molar-refractivity contribution in [2.45, 2.75) is 26.7 Å². The number of ether oxygens (including phenoxy) is 1. The SMILES string of the molecule is C=CC(C)=C(C)C(=O)NCC1(C(N)=O)CCOCC1. The molecule has 0 aliphatic carbocycles. The zero-order valence-corrected chi connectivity index (χ0v) is 11.6. The standard InChI is InChI=1S/C14H22N2O3/c1-4-10(2)11(3)12(17)16-9-14(13(15)18)5-7-19-8-6-14/h4H,1,5-9H2,2-3H3,(H2,15,18)(H,16,17). The highest BCUT2D eigenvalue weighted by atomic mass is 16.5. The molecule has 0 aromatic heterocycles. The van der Waals surface area contributed by atoms with E-state index < -0.39 is 5.41 Å². The molecule has 2 amide bonds. The fourth-order valence-electron chi connectivity index (χ4n) is 1.99. The third kappa shape index (κ3) is 3.67. The number of amides is 2. The number of carbonyl (C=O) groups excluding carboxylic acids is 2. The second-order valence-electron chi connectivity index (χ2n) is 4.95. The van der Waals surface area contributed by atoms with Gasteiger partial charge in [-0.1, -0.05) is 12.7 Å².